The van der Waals surface area contributed by atoms with Gasteiger partial charge < -0.3 is 5.32 Å². The molecule has 1 aromatic carbocycles. The molecule has 0 bridgehead atoms. The number of benzene rings is 1. The van der Waals surface area contributed by atoms with Gasteiger partial charge >= 0.3 is 0 Å². The van der Waals surface area contributed by atoms with Gasteiger partial charge in [0.2, 0.25) is 0 Å². The van der Waals surface area contributed by atoms with Crippen molar-refractivity contribution in [3.8, 4) is 0 Å². The molecule has 0 saturated carbocycles. The third kappa shape index (κ3) is 2.94. The van der Waals surface area contributed by atoms with E-state index in [9.17, 15) is 14.9 Å². The van der Waals surface area contributed by atoms with Gasteiger partial charge in [-0.1, -0.05) is 18.0 Å². The molecule has 1 N–H and O–H groups in total. The fourth-order valence-electron chi connectivity index (χ4n) is 3.46. The maximum absolute atomic E-state index is 12.4. The molecule has 0 radical (unpaired) electrons. The zero-order chi connectivity index (χ0) is 15.7. The molecule has 2 heterocycles. The van der Waals surface area contributed by atoms with Crippen LogP contribution in [0.25, 0.3) is 0 Å². The first-order valence-corrected chi connectivity index (χ1v) is 7.93. The van der Waals surface area contributed by atoms with Crippen LogP contribution in [0.3, 0.4) is 0 Å². The number of amides is 1. The Morgan fingerprint density at radius 2 is 2.14 bits per heavy atom. The van der Waals surface area contributed by atoms with Crippen molar-refractivity contribution in [1.82, 2.24) is 10.2 Å². The van der Waals surface area contributed by atoms with E-state index in [2.05, 4.69) is 10.2 Å². The topological polar surface area (TPSA) is 75.5 Å². The Kier molecular flexibility index (Phi) is 4.31. The summed E-state index contributed by atoms with van der Waals surface area (Å²) in [4.78, 5) is 25.0. The molecule has 2 fully saturated rings. The van der Waals surface area contributed by atoms with Crippen LogP contribution in [-0.2, 0) is 0 Å². The van der Waals surface area contributed by atoms with E-state index in [0.717, 1.165) is 25.9 Å². The number of rotatable bonds is 3. The number of carbonyl (C=O) groups is 1. The molecule has 0 unspecified atom stereocenters. The van der Waals surface area contributed by atoms with Crippen molar-refractivity contribution in [2.45, 2.75) is 37.8 Å². The number of hydrogen-bond donors (Lipinski definition) is 1. The highest BCUT2D eigenvalue weighted by Crippen LogP contribution is 2.28. The van der Waals surface area contributed by atoms with Crippen molar-refractivity contribution in [2.75, 3.05) is 13.1 Å². The number of non-ortho nitro benzene ring substituents is 1. The highest BCUT2D eigenvalue weighted by molar-refractivity contribution is 6.34. The first kappa shape index (κ1) is 15.2. The molecule has 22 heavy (non-hydrogen) atoms. The third-order valence-electron chi connectivity index (χ3n) is 4.58. The van der Waals surface area contributed by atoms with Gasteiger partial charge in [0, 0.05) is 30.8 Å². The van der Waals surface area contributed by atoms with Gasteiger partial charge in [0.05, 0.1) is 15.5 Å². The maximum Gasteiger partial charge on any atom is 0.270 e. The van der Waals surface area contributed by atoms with Gasteiger partial charge in [0.25, 0.3) is 11.6 Å². The number of fused-ring (bicyclic) bond motifs is 1. The van der Waals surface area contributed by atoms with Crippen molar-refractivity contribution in [3.05, 3.63) is 38.9 Å². The lowest BCUT2D eigenvalue weighted by Gasteiger charge is -2.32. The molecule has 3 rings (SSSR count). The maximum atomic E-state index is 12.4. The SMILES string of the molecule is O=C(N[C@H]1CCN2CCCC[C@H]12)c1ccc([N+](=O)[O-])cc1Cl. The number of carbonyl (C=O) groups excluding carboxylic acids is 1. The predicted molar refractivity (Wildman–Crippen MR) is 83.2 cm³/mol. The second-order valence-electron chi connectivity index (χ2n) is 5.89. The molecule has 0 spiro atoms. The van der Waals surface area contributed by atoms with Crippen LogP contribution in [0.15, 0.2) is 18.2 Å². The molecular formula is C15H18ClN3O3. The van der Waals surface area contributed by atoms with Gasteiger partial charge in [0.1, 0.15) is 0 Å². The standard InChI is InChI=1S/C15H18ClN3O3/c16-12-9-10(19(21)22)4-5-11(12)15(20)17-13-6-8-18-7-2-1-3-14(13)18/h4-5,9,13-14H,1-3,6-8H2,(H,17,20)/t13-,14+/m0/s1. The zero-order valence-electron chi connectivity index (χ0n) is 12.1. The second-order valence-corrected chi connectivity index (χ2v) is 6.30. The van der Waals surface area contributed by atoms with E-state index in [4.69, 9.17) is 11.6 Å². The summed E-state index contributed by atoms with van der Waals surface area (Å²) in [6.45, 7) is 2.12. The third-order valence-corrected chi connectivity index (χ3v) is 4.89. The number of nitrogens with one attached hydrogen (secondary N) is 1. The number of hydrogen-bond acceptors (Lipinski definition) is 4. The fraction of sp³-hybridized carbons (Fsp3) is 0.533. The van der Waals surface area contributed by atoms with Crippen LogP contribution in [0.5, 0.6) is 0 Å². The van der Waals surface area contributed by atoms with Crippen molar-refractivity contribution in [3.63, 3.8) is 0 Å². The summed E-state index contributed by atoms with van der Waals surface area (Å²) in [6, 6.07) is 4.50. The lowest BCUT2D eigenvalue weighted by molar-refractivity contribution is -0.384. The number of nitro benzene ring substituents is 1. The molecule has 1 amide bonds. The van der Waals surface area contributed by atoms with Gasteiger partial charge in [-0.3, -0.25) is 19.8 Å². The summed E-state index contributed by atoms with van der Waals surface area (Å²) in [5, 5.41) is 13.9. The van der Waals surface area contributed by atoms with E-state index >= 15 is 0 Å². The number of nitrogens with zero attached hydrogens (tertiary/aromatic N) is 2. The van der Waals surface area contributed by atoms with Crippen LogP contribution in [0.1, 0.15) is 36.0 Å². The van der Waals surface area contributed by atoms with E-state index in [-0.39, 0.29) is 22.7 Å². The normalized spacial score (nSPS) is 24.8. The summed E-state index contributed by atoms with van der Waals surface area (Å²) in [5.74, 6) is -0.252. The highest BCUT2D eigenvalue weighted by atomic mass is 35.5. The average molecular weight is 324 g/mol. The van der Waals surface area contributed by atoms with Gasteiger partial charge in [-0.2, -0.15) is 0 Å². The first-order chi connectivity index (χ1) is 10.6. The van der Waals surface area contributed by atoms with Gasteiger partial charge in [-0.25, -0.2) is 0 Å². The van der Waals surface area contributed by atoms with E-state index in [1.165, 1.54) is 31.0 Å². The van der Waals surface area contributed by atoms with Crippen molar-refractivity contribution >= 4 is 23.2 Å². The molecule has 1 aromatic rings. The Bertz CT molecular complexity index is 608. The summed E-state index contributed by atoms with van der Waals surface area (Å²) >= 11 is 6.02. The van der Waals surface area contributed by atoms with Gasteiger partial charge in [0.15, 0.2) is 0 Å². The first-order valence-electron chi connectivity index (χ1n) is 7.55. The molecular weight excluding hydrogens is 306 g/mol. The monoisotopic (exact) mass is 323 g/mol. The van der Waals surface area contributed by atoms with Crippen LogP contribution in [0, 0.1) is 10.1 Å². The fourth-order valence-corrected chi connectivity index (χ4v) is 3.72. The molecule has 118 valence electrons. The highest BCUT2D eigenvalue weighted by Gasteiger charge is 2.36. The Balaban J connectivity index is 1.71. The average Bonchev–Trinajstić information content (AvgIpc) is 2.90. The van der Waals surface area contributed by atoms with E-state index in [0.29, 0.717) is 11.6 Å². The van der Waals surface area contributed by atoms with Crippen LogP contribution in [0.4, 0.5) is 5.69 Å². The quantitative estimate of drug-likeness (QED) is 0.685. The minimum Gasteiger partial charge on any atom is -0.348 e. The van der Waals surface area contributed by atoms with E-state index in [1.54, 1.807) is 0 Å². The number of piperidine rings is 1. The minimum absolute atomic E-state index is 0.110. The Labute approximate surface area is 133 Å². The van der Waals surface area contributed by atoms with Crippen LogP contribution >= 0.6 is 11.6 Å². The molecule has 2 saturated heterocycles. The smallest absolute Gasteiger partial charge is 0.270 e. The minimum atomic E-state index is -0.523. The molecule has 0 aliphatic carbocycles. The van der Waals surface area contributed by atoms with Crippen molar-refractivity contribution < 1.29 is 9.72 Å². The largest absolute Gasteiger partial charge is 0.348 e. The molecule has 2 aliphatic rings. The molecule has 6 nitrogen and oxygen atoms in total. The van der Waals surface area contributed by atoms with Crippen LogP contribution in [-0.4, -0.2) is 40.9 Å². The van der Waals surface area contributed by atoms with Crippen LogP contribution in [0.2, 0.25) is 5.02 Å². The molecule has 0 aromatic heterocycles. The predicted octanol–water partition coefficient (Wildman–Crippen LogP) is 2.60. The van der Waals surface area contributed by atoms with Crippen molar-refractivity contribution in [1.29, 1.82) is 0 Å². The van der Waals surface area contributed by atoms with Gasteiger partial charge in [-0.05, 0) is 31.9 Å². The Morgan fingerprint density at radius 1 is 1.32 bits per heavy atom. The molecule has 2 aliphatic heterocycles. The van der Waals surface area contributed by atoms with Crippen LogP contribution < -0.4 is 5.32 Å². The number of halogens is 1. The second kappa shape index (κ2) is 6.22. The summed E-state index contributed by atoms with van der Waals surface area (Å²) in [5.41, 5.74) is 0.183. The zero-order valence-corrected chi connectivity index (χ0v) is 12.9. The molecule has 7 heteroatoms. The van der Waals surface area contributed by atoms with Crippen molar-refractivity contribution in [2.24, 2.45) is 0 Å². The Morgan fingerprint density at radius 3 is 2.86 bits per heavy atom. The van der Waals surface area contributed by atoms with Gasteiger partial charge in [-0.15, -0.1) is 0 Å². The molecule has 2 atom stereocenters. The number of nitro groups is 1. The lowest BCUT2D eigenvalue weighted by atomic mass is 9.99. The summed E-state index contributed by atoms with van der Waals surface area (Å²) < 4.78 is 0. The summed E-state index contributed by atoms with van der Waals surface area (Å²) in [7, 11) is 0. The lowest BCUT2D eigenvalue weighted by Crippen LogP contribution is -2.46. The Hall–Kier alpha value is -1.66. The summed E-state index contributed by atoms with van der Waals surface area (Å²) in [6.07, 6.45) is 4.48. The van der Waals surface area contributed by atoms with E-state index in [1.807, 2.05) is 0 Å². The van der Waals surface area contributed by atoms with E-state index < -0.39 is 4.92 Å².